The van der Waals surface area contributed by atoms with Crippen molar-refractivity contribution in [2.75, 3.05) is 0 Å². The van der Waals surface area contributed by atoms with Crippen molar-refractivity contribution in [1.82, 2.24) is 0 Å². The average Bonchev–Trinajstić information content (AvgIpc) is 2.84. The van der Waals surface area contributed by atoms with Crippen LogP contribution < -0.4 is 0 Å². The number of benzene rings is 3. The zero-order valence-electron chi connectivity index (χ0n) is 14.6. The Hall–Kier alpha value is -2.60. The minimum atomic E-state index is -0.109. The van der Waals surface area contributed by atoms with Gasteiger partial charge in [0.1, 0.15) is 0 Å². The van der Waals surface area contributed by atoms with Crippen molar-refractivity contribution in [2.24, 2.45) is 0 Å². The largest absolute Gasteiger partial charge is 0.0985 e. The van der Waals surface area contributed by atoms with E-state index in [2.05, 4.69) is 88.0 Å². The van der Waals surface area contributed by atoms with E-state index in [0.717, 1.165) is 5.56 Å². The van der Waals surface area contributed by atoms with Crippen molar-refractivity contribution in [2.45, 2.75) is 26.2 Å². The lowest BCUT2D eigenvalue weighted by Crippen LogP contribution is -2.22. The Kier molecular flexibility index (Phi) is 3.25. The molecular weight excluding hydrogens is 288 g/mol. The van der Waals surface area contributed by atoms with Gasteiger partial charge in [-0.1, -0.05) is 84.4 Å². The fraction of sp³-hybridized carbons (Fsp3) is 0.167. The molecule has 0 aromatic heterocycles. The molecule has 0 aliphatic heterocycles. The molecule has 118 valence electrons. The summed E-state index contributed by atoms with van der Waals surface area (Å²) in [5, 5.41) is 0. The van der Waals surface area contributed by atoms with Crippen LogP contribution in [-0.4, -0.2) is 0 Å². The van der Waals surface area contributed by atoms with Crippen molar-refractivity contribution in [3.8, 4) is 11.1 Å². The van der Waals surface area contributed by atoms with E-state index in [1.165, 1.54) is 38.9 Å². The number of fused-ring (bicyclic) bond motifs is 3. The van der Waals surface area contributed by atoms with E-state index in [-0.39, 0.29) is 5.41 Å². The van der Waals surface area contributed by atoms with Gasteiger partial charge in [0.15, 0.2) is 0 Å². The summed E-state index contributed by atoms with van der Waals surface area (Å²) in [6.45, 7) is 10.6. The number of rotatable bonds is 2. The van der Waals surface area contributed by atoms with Gasteiger partial charge in [-0.15, -0.1) is 0 Å². The lowest BCUT2D eigenvalue weighted by molar-refractivity contribution is 0.712. The normalized spacial score (nSPS) is 14.1. The summed E-state index contributed by atoms with van der Waals surface area (Å²) in [5.41, 5.74) is 10.6. The zero-order chi connectivity index (χ0) is 16.9. The van der Waals surface area contributed by atoms with Crippen LogP contribution in [0.5, 0.6) is 0 Å². The minimum absolute atomic E-state index is 0.109. The van der Waals surface area contributed by atoms with Gasteiger partial charge in [-0.2, -0.15) is 0 Å². The molecule has 1 aliphatic rings. The highest BCUT2D eigenvalue weighted by atomic mass is 14.4. The topological polar surface area (TPSA) is 0 Å². The lowest BCUT2D eigenvalue weighted by Gasteiger charge is -2.29. The summed E-state index contributed by atoms with van der Waals surface area (Å²) in [6.07, 6.45) is 1.90. The molecule has 0 spiro atoms. The summed E-state index contributed by atoms with van der Waals surface area (Å²) in [4.78, 5) is 0. The molecule has 1 aliphatic carbocycles. The Morgan fingerprint density at radius 3 is 1.71 bits per heavy atom. The number of aryl methyl sites for hydroxylation is 2. The maximum Gasteiger partial charge on any atom is 0.0435 e. The van der Waals surface area contributed by atoms with Gasteiger partial charge in [-0.05, 0) is 54.2 Å². The van der Waals surface area contributed by atoms with Gasteiger partial charge in [0.25, 0.3) is 0 Å². The summed E-state index contributed by atoms with van der Waals surface area (Å²) >= 11 is 0. The maximum absolute atomic E-state index is 3.87. The molecule has 24 heavy (non-hydrogen) atoms. The maximum atomic E-state index is 3.87. The average molecular weight is 310 g/mol. The Balaban J connectivity index is 2.04. The smallest absolute Gasteiger partial charge is 0.0435 e. The molecule has 0 amide bonds. The molecule has 3 aromatic carbocycles. The predicted molar refractivity (Wildman–Crippen MR) is 103 cm³/mol. The standard InChI is InChI=1S/C24H22/c1-5-18-8-10-19(11-9-18)24(4)22-14-16(2)6-12-20(22)21-13-7-17(3)15-23(21)24/h5-15H,1H2,2-4H3. The Bertz CT molecular complexity index is 891. The molecule has 0 heterocycles. The van der Waals surface area contributed by atoms with Crippen LogP contribution in [0.25, 0.3) is 17.2 Å². The Morgan fingerprint density at radius 1 is 0.750 bits per heavy atom. The fourth-order valence-corrected chi connectivity index (χ4v) is 4.02. The zero-order valence-corrected chi connectivity index (χ0v) is 14.6. The van der Waals surface area contributed by atoms with Crippen LogP contribution in [0.2, 0.25) is 0 Å². The minimum Gasteiger partial charge on any atom is -0.0985 e. The van der Waals surface area contributed by atoms with Crippen molar-refractivity contribution in [3.63, 3.8) is 0 Å². The Morgan fingerprint density at radius 2 is 1.25 bits per heavy atom. The quantitative estimate of drug-likeness (QED) is 0.522. The highest BCUT2D eigenvalue weighted by Gasteiger charge is 2.40. The lowest BCUT2D eigenvalue weighted by atomic mass is 9.73. The van der Waals surface area contributed by atoms with E-state index in [9.17, 15) is 0 Å². The highest BCUT2D eigenvalue weighted by Crippen LogP contribution is 2.52. The highest BCUT2D eigenvalue weighted by molar-refractivity contribution is 5.83. The molecule has 0 N–H and O–H groups in total. The van der Waals surface area contributed by atoms with Crippen molar-refractivity contribution < 1.29 is 0 Å². The van der Waals surface area contributed by atoms with Gasteiger partial charge in [0, 0.05) is 5.41 Å². The van der Waals surface area contributed by atoms with Crippen LogP contribution in [0.1, 0.15) is 40.3 Å². The third kappa shape index (κ3) is 1.99. The first-order chi connectivity index (χ1) is 11.5. The molecule has 0 fully saturated rings. The monoisotopic (exact) mass is 310 g/mol. The van der Waals surface area contributed by atoms with Crippen molar-refractivity contribution in [3.05, 3.63) is 101 Å². The number of hydrogen-bond donors (Lipinski definition) is 0. The molecule has 0 atom stereocenters. The first kappa shape index (κ1) is 15.0. The Labute approximate surface area is 144 Å². The number of hydrogen-bond acceptors (Lipinski definition) is 0. The van der Waals surface area contributed by atoms with E-state index in [4.69, 9.17) is 0 Å². The summed E-state index contributed by atoms with van der Waals surface area (Å²) < 4.78 is 0. The molecule has 0 saturated heterocycles. The SMILES string of the molecule is C=Cc1ccc(C2(C)c3cc(C)ccc3-c3ccc(C)cc32)cc1. The van der Waals surface area contributed by atoms with Crippen LogP contribution in [0.4, 0.5) is 0 Å². The summed E-state index contributed by atoms with van der Waals surface area (Å²) in [7, 11) is 0. The molecule has 4 rings (SSSR count). The molecule has 0 nitrogen and oxygen atoms in total. The second kappa shape index (κ2) is 5.21. The van der Waals surface area contributed by atoms with Gasteiger partial charge >= 0.3 is 0 Å². The summed E-state index contributed by atoms with van der Waals surface area (Å²) in [6, 6.07) is 22.5. The van der Waals surface area contributed by atoms with Crippen LogP contribution in [0, 0.1) is 13.8 Å². The van der Waals surface area contributed by atoms with E-state index in [0.29, 0.717) is 0 Å². The second-order valence-electron chi connectivity index (χ2n) is 7.05. The summed E-state index contributed by atoms with van der Waals surface area (Å²) in [5.74, 6) is 0. The van der Waals surface area contributed by atoms with E-state index >= 15 is 0 Å². The van der Waals surface area contributed by atoms with Crippen molar-refractivity contribution in [1.29, 1.82) is 0 Å². The molecule has 3 aromatic rings. The first-order valence-corrected chi connectivity index (χ1v) is 8.49. The van der Waals surface area contributed by atoms with Crippen molar-refractivity contribution >= 4 is 6.08 Å². The third-order valence-corrected chi connectivity index (χ3v) is 5.44. The molecule has 0 radical (unpaired) electrons. The molecule has 0 bridgehead atoms. The van der Waals surface area contributed by atoms with E-state index in [1.807, 2.05) is 6.08 Å². The van der Waals surface area contributed by atoms with E-state index < -0.39 is 0 Å². The van der Waals surface area contributed by atoms with Crippen LogP contribution >= 0.6 is 0 Å². The second-order valence-corrected chi connectivity index (χ2v) is 7.05. The third-order valence-electron chi connectivity index (χ3n) is 5.44. The van der Waals surface area contributed by atoms with Gasteiger partial charge in [-0.25, -0.2) is 0 Å². The van der Waals surface area contributed by atoms with Crippen LogP contribution in [0.3, 0.4) is 0 Å². The van der Waals surface area contributed by atoms with Gasteiger partial charge in [-0.3, -0.25) is 0 Å². The molecular formula is C24H22. The first-order valence-electron chi connectivity index (χ1n) is 8.49. The van der Waals surface area contributed by atoms with Gasteiger partial charge in [0.2, 0.25) is 0 Å². The van der Waals surface area contributed by atoms with Crippen LogP contribution in [0.15, 0.2) is 67.2 Å². The molecule has 0 heteroatoms. The van der Waals surface area contributed by atoms with Gasteiger partial charge in [0.05, 0.1) is 0 Å². The molecule has 0 unspecified atom stereocenters. The van der Waals surface area contributed by atoms with Crippen LogP contribution in [-0.2, 0) is 5.41 Å². The fourth-order valence-electron chi connectivity index (χ4n) is 4.02. The van der Waals surface area contributed by atoms with E-state index in [1.54, 1.807) is 0 Å². The molecule has 0 saturated carbocycles. The van der Waals surface area contributed by atoms with Gasteiger partial charge < -0.3 is 0 Å². The predicted octanol–water partition coefficient (Wildman–Crippen LogP) is 6.28.